The third kappa shape index (κ3) is 4.01. The van der Waals surface area contributed by atoms with E-state index in [1.807, 2.05) is 31.2 Å². The normalized spacial score (nSPS) is 13.9. The number of carbonyl (C=O) groups is 1. The molecule has 0 aliphatic rings. The van der Waals surface area contributed by atoms with E-state index < -0.39 is 12.0 Å². The number of ether oxygens (including phenoxy) is 2. The van der Waals surface area contributed by atoms with E-state index in [0.717, 1.165) is 11.3 Å². The number of carboxylic acids is 1. The van der Waals surface area contributed by atoms with Crippen molar-refractivity contribution >= 4 is 5.97 Å². The lowest BCUT2D eigenvalue weighted by atomic mass is 10.1. The van der Waals surface area contributed by atoms with E-state index in [0.29, 0.717) is 0 Å². The standard InChI is InChI=1S/C13H19NO4/c1-9(14-12(8-17-2)13(15)16)10-4-6-11(18-3)7-5-10/h4-7,9,12,14H,8H2,1-3H3,(H,15,16)/t9-,12?/m1/s1. The van der Waals surface area contributed by atoms with Crippen LogP contribution in [0.5, 0.6) is 5.75 Å². The SMILES string of the molecule is COCC(N[C@H](C)c1ccc(OC)cc1)C(=O)O. The van der Waals surface area contributed by atoms with Crippen LogP contribution in [0.4, 0.5) is 0 Å². The molecule has 2 N–H and O–H groups in total. The zero-order valence-corrected chi connectivity index (χ0v) is 10.8. The van der Waals surface area contributed by atoms with Crippen LogP contribution in [0.15, 0.2) is 24.3 Å². The Morgan fingerprint density at radius 1 is 1.33 bits per heavy atom. The van der Waals surface area contributed by atoms with Crippen molar-refractivity contribution in [2.45, 2.75) is 19.0 Å². The Hall–Kier alpha value is -1.59. The van der Waals surface area contributed by atoms with Crippen LogP contribution >= 0.6 is 0 Å². The number of hydrogen-bond acceptors (Lipinski definition) is 4. The lowest BCUT2D eigenvalue weighted by Gasteiger charge is -2.20. The van der Waals surface area contributed by atoms with E-state index in [1.165, 1.54) is 7.11 Å². The number of methoxy groups -OCH3 is 2. The average molecular weight is 253 g/mol. The molecule has 0 aliphatic heterocycles. The van der Waals surface area contributed by atoms with Gasteiger partial charge in [0.2, 0.25) is 0 Å². The number of benzene rings is 1. The minimum absolute atomic E-state index is 0.0767. The minimum atomic E-state index is -0.919. The van der Waals surface area contributed by atoms with Gasteiger partial charge in [0.05, 0.1) is 13.7 Å². The lowest BCUT2D eigenvalue weighted by Crippen LogP contribution is -2.41. The highest BCUT2D eigenvalue weighted by atomic mass is 16.5. The zero-order valence-electron chi connectivity index (χ0n) is 10.8. The van der Waals surface area contributed by atoms with E-state index >= 15 is 0 Å². The molecule has 0 bridgehead atoms. The number of carboxylic acid groups (broad SMARTS) is 1. The first-order valence-electron chi connectivity index (χ1n) is 5.70. The van der Waals surface area contributed by atoms with Gasteiger partial charge in [-0.3, -0.25) is 10.1 Å². The summed E-state index contributed by atoms with van der Waals surface area (Å²) >= 11 is 0. The summed E-state index contributed by atoms with van der Waals surface area (Å²) in [7, 11) is 3.09. The van der Waals surface area contributed by atoms with Crippen molar-refractivity contribution in [1.29, 1.82) is 0 Å². The molecule has 0 heterocycles. The van der Waals surface area contributed by atoms with E-state index in [1.54, 1.807) is 7.11 Å². The Labute approximate surface area is 107 Å². The van der Waals surface area contributed by atoms with Crippen LogP contribution in [0, 0.1) is 0 Å². The molecule has 1 aromatic rings. The molecule has 100 valence electrons. The Kier molecular flexibility index (Phi) is 5.61. The highest BCUT2D eigenvalue weighted by Crippen LogP contribution is 2.17. The van der Waals surface area contributed by atoms with Gasteiger partial charge in [-0.2, -0.15) is 0 Å². The predicted molar refractivity (Wildman–Crippen MR) is 67.8 cm³/mol. The van der Waals surface area contributed by atoms with Crippen LogP contribution in [-0.4, -0.2) is 37.9 Å². The van der Waals surface area contributed by atoms with Gasteiger partial charge in [-0.05, 0) is 24.6 Å². The van der Waals surface area contributed by atoms with Crippen molar-refractivity contribution in [3.8, 4) is 5.75 Å². The topological polar surface area (TPSA) is 67.8 Å². The van der Waals surface area contributed by atoms with Crippen molar-refractivity contribution < 1.29 is 19.4 Å². The van der Waals surface area contributed by atoms with E-state index in [9.17, 15) is 4.79 Å². The molecule has 0 aromatic heterocycles. The van der Waals surface area contributed by atoms with Gasteiger partial charge >= 0.3 is 5.97 Å². The summed E-state index contributed by atoms with van der Waals surface area (Å²) in [6, 6.07) is 6.71. The van der Waals surface area contributed by atoms with E-state index in [2.05, 4.69) is 5.32 Å². The van der Waals surface area contributed by atoms with Crippen molar-refractivity contribution in [1.82, 2.24) is 5.32 Å². The van der Waals surface area contributed by atoms with Gasteiger partial charge in [-0.25, -0.2) is 0 Å². The van der Waals surface area contributed by atoms with Gasteiger partial charge in [-0.1, -0.05) is 12.1 Å². The average Bonchev–Trinajstić information content (AvgIpc) is 2.38. The second-order valence-corrected chi connectivity index (χ2v) is 4.01. The molecule has 0 fully saturated rings. The maximum atomic E-state index is 11.0. The van der Waals surface area contributed by atoms with E-state index in [-0.39, 0.29) is 12.6 Å². The second-order valence-electron chi connectivity index (χ2n) is 4.01. The molecular formula is C13H19NO4. The third-order valence-corrected chi connectivity index (χ3v) is 2.70. The van der Waals surface area contributed by atoms with Crippen LogP contribution in [0.3, 0.4) is 0 Å². The number of aliphatic carboxylic acids is 1. The van der Waals surface area contributed by atoms with Gasteiger partial charge in [0, 0.05) is 13.2 Å². The summed E-state index contributed by atoms with van der Waals surface area (Å²) in [4.78, 5) is 11.0. The second kappa shape index (κ2) is 6.98. The summed E-state index contributed by atoms with van der Waals surface area (Å²) in [5.41, 5.74) is 0.998. The quantitative estimate of drug-likeness (QED) is 0.769. The van der Waals surface area contributed by atoms with Crippen molar-refractivity contribution in [3.63, 3.8) is 0 Å². The van der Waals surface area contributed by atoms with Crippen LogP contribution in [-0.2, 0) is 9.53 Å². The fraction of sp³-hybridized carbons (Fsp3) is 0.462. The fourth-order valence-electron chi connectivity index (χ4n) is 1.65. The molecule has 1 rings (SSSR count). The molecule has 0 saturated carbocycles. The molecule has 0 aliphatic carbocycles. The smallest absolute Gasteiger partial charge is 0.323 e. The summed E-state index contributed by atoms with van der Waals surface area (Å²) < 4.78 is 9.95. The largest absolute Gasteiger partial charge is 0.497 e. The number of nitrogens with one attached hydrogen (secondary N) is 1. The fourth-order valence-corrected chi connectivity index (χ4v) is 1.65. The summed E-state index contributed by atoms with van der Waals surface area (Å²) in [6.45, 7) is 2.04. The molecule has 1 aromatic carbocycles. The summed E-state index contributed by atoms with van der Waals surface area (Å²) in [6.07, 6.45) is 0. The number of rotatable bonds is 7. The van der Waals surface area contributed by atoms with Gasteiger partial charge in [0.25, 0.3) is 0 Å². The Morgan fingerprint density at radius 3 is 2.39 bits per heavy atom. The highest BCUT2D eigenvalue weighted by molar-refractivity contribution is 5.73. The maximum absolute atomic E-state index is 11.0. The first-order chi connectivity index (χ1) is 8.58. The van der Waals surface area contributed by atoms with Crippen LogP contribution < -0.4 is 10.1 Å². The molecule has 1 unspecified atom stereocenters. The van der Waals surface area contributed by atoms with Crippen molar-refractivity contribution in [2.75, 3.05) is 20.8 Å². The predicted octanol–water partition coefficient (Wildman–Crippen LogP) is 1.45. The molecule has 18 heavy (non-hydrogen) atoms. The van der Waals surface area contributed by atoms with Crippen LogP contribution in [0.25, 0.3) is 0 Å². The maximum Gasteiger partial charge on any atom is 0.323 e. The Morgan fingerprint density at radius 2 is 1.94 bits per heavy atom. The van der Waals surface area contributed by atoms with Gasteiger partial charge < -0.3 is 14.6 Å². The van der Waals surface area contributed by atoms with E-state index in [4.69, 9.17) is 14.6 Å². The van der Waals surface area contributed by atoms with Gasteiger partial charge in [0.15, 0.2) is 0 Å². The molecule has 0 spiro atoms. The lowest BCUT2D eigenvalue weighted by molar-refractivity contribution is -0.141. The zero-order chi connectivity index (χ0) is 13.5. The molecule has 0 saturated heterocycles. The van der Waals surface area contributed by atoms with Gasteiger partial charge in [0.1, 0.15) is 11.8 Å². The third-order valence-electron chi connectivity index (χ3n) is 2.70. The molecule has 0 amide bonds. The number of hydrogen-bond donors (Lipinski definition) is 2. The van der Waals surface area contributed by atoms with Gasteiger partial charge in [-0.15, -0.1) is 0 Å². The van der Waals surface area contributed by atoms with Crippen molar-refractivity contribution in [2.24, 2.45) is 0 Å². The first-order valence-corrected chi connectivity index (χ1v) is 5.70. The Balaban J connectivity index is 2.67. The minimum Gasteiger partial charge on any atom is -0.497 e. The highest BCUT2D eigenvalue weighted by Gasteiger charge is 2.19. The Bertz CT molecular complexity index is 377. The summed E-state index contributed by atoms with van der Waals surface area (Å²) in [5, 5.41) is 12.0. The van der Waals surface area contributed by atoms with Crippen LogP contribution in [0.1, 0.15) is 18.5 Å². The molecule has 5 heteroatoms. The molecule has 2 atom stereocenters. The summed E-state index contributed by atoms with van der Waals surface area (Å²) in [5.74, 6) is -0.144. The monoisotopic (exact) mass is 253 g/mol. The first kappa shape index (κ1) is 14.5. The molecule has 0 radical (unpaired) electrons. The van der Waals surface area contributed by atoms with Crippen molar-refractivity contribution in [3.05, 3.63) is 29.8 Å². The molecule has 5 nitrogen and oxygen atoms in total. The molecular weight excluding hydrogens is 234 g/mol. The van der Waals surface area contributed by atoms with Crippen LogP contribution in [0.2, 0.25) is 0 Å².